The van der Waals surface area contributed by atoms with Gasteiger partial charge in [0.2, 0.25) is 5.12 Å². The lowest BCUT2D eigenvalue weighted by Crippen LogP contribution is -2.00. The second-order valence-corrected chi connectivity index (χ2v) is 4.61. The van der Waals surface area contributed by atoms with E-state index in [4.69, 9.17) is 0 Å². The summed E-state index contributed by atoms with van der Waals surface area (Å²) in [6, 6.07) is 3.36. The van der Waals surface area contributed by atoms with Crippen LogP contribution in [-0.2, 0) is 6.42 Å². The average Bonchev–Trinajstić information content (AvgIpc) is 2.08. The summed E-state index contributed by atoms with van der Waals surface area (Å²) in [4.78, 5) is 11.1. The molecule has 0 spiro atoms. The summed E-state index contributed by atoms with van der Waals surface area (Å²) in [5, 5.41) is 9.16. The molecule has 1 rings (SSSR count). The Morgan fingerprint density at radius 2 is 2.07 bits per heavy atom. The monoisotopic (exact) mass is 224 g/mol. The van der Waals surface area contributed by atoms with E-state index in [0.717, 1.165) is 17.5 Å². The minimum Gasteiger partial charge on any atom is -0.507 e. The Morgan fingerprint density at radius 3 is 2.53 bits per heavy atom. The zero-order valence-electron chi connectivity index (χ0n) is 9.24. The van der Waals surface area contributed by atoms with Crippen molar-refractivity contribution in [2.75, 3.05) is 0 Å². The van der Waals surface area contributed by atoms with E-state index in [1.54, 1.807) is 12.1 Å². The number of rotatable bonds is 3. The molecule has 0 aliphatic heterocycles. The molecule has 0 fully saturated rings. The van der Waals surface area contributed by atoms with E-state index in [-0.39, 0.29) is 5.75 Å². The van der Waals surface area contributed by atoms with E-state index >= 15 is 0 Å². The highest BCUT2D eigenvalue weighted by Crippen LogP contribution is 2.25. The summed E-state index contributed by atoms with van der Waals surface area (Å²) in [6.07, 6.45) is 0.903. The standard InChI is InChI=1S/C12H16O2S/c1-7(2)4-9-6-10(12(14)15)11(13)5-8(9)3/h5-7,13H,4H2,1-3H3,(H,14,15). The minimum atomic E-state index is -0.391. The molecule has 0 aliphatic rings. The summed E-state index contributed by atoms with van der Waals surface area (Å²) in [7, 11) is 0. The van der Waals surface area contributed by atoms with Crippen molar-refractivity contribution in [3.63, 3.8) is 0 Å². The maximum Gasteiger partial charge on any atom is 0.220 e. The molecule has 2 nitrogen and oxygen atoms in total. The minimum absolute atomic E-state index is 0.0139. The normalized spacial score (nSPS) is 10.7. The van der Waals surface area contributed by atoms with Gasteiger partial charge in [0, 0.05) is 0 Å². The Kier molecular flexibility index (Phi) is 3.80. The summed E-state index contributed by atoms with van der Waals surface area (Å²) < 4.78 is 0. The largest absolute Gasteiger partial charge is 0.507 e. The number of phenolic OH excluding ortho intramolecular Hbond substituents is 1. The third-order valence-corrected chi connectivity index (χ3v) is 2.55. The van der Waals surface area contributed by atoms with Crippen molar-refractivity contribution in [2.45, 2.75) is 27.2 Å². The molecule has 0 heterocycles. The first-order valence-corrected chi connectivity index (χ1v) is 5.42. The maximum absolute atomic E-state index is 11.1. The molecule has 0 unspecified atom stereocenters. The molecule has 0 amide bonds. The first kappa shape index (κ1) is 12.1. The van der Waals surface area contributed by atoms with Gasteiger partial charge in [0.1, 0.15) is 5.75 Å². The van der Waals surface area contributed by atoms with Crippen LogP contribution < -0.4 is 0 Å². The van der Waals surface area contributed by atoms with Crippen LogP contribution in [0.2, 0.25) is 0 Å². The molecule has 0 atom stereocenters. The van der Waals surface area contributed by atoms with E-state index in [2.05, 4.69) is 26.5 Å². The molecule has 0 saturated carbocycles. The van der Waals surface area contributed by atoms with Crippen molar-refractivity contribution >= 4 is 17.7 Å². The van der Waals surface area contributed by atoms with Crippen molar-refractivity contribution in [1.82, 2.24) is 0 Å². The number of phenols is 1. The van der Waals surface area contributed by atoms with Crippen LogP contribution in [0.25, 0.3) is 0 Å². The molecule has 1 aromatic carbocycles. The lowest BCUT2D eigenvalue weighted by Gasteiger charge is -2.11. The van der Waals surface area contributed by atoms with E-state index in [1.165, 1.54) is 0 Å². The highest BCUT2D eigenvalue weighted by Gasteiger charge is 2.11. The van der Waals surface area contributed by atoms with Gasteiger partial charge >= 0.3 is 0 Å². The molecule has 0 radical (unpaired) electrons. The summed E-state index contributed by atoms with van der Waals surface area (Å²) in [6.45, 7) is 6.17. The Bertz CT molecular complexity index is 383. The first-order chi connectivity index (χ1) is 6.91. The number of aryl methyl sites for hydroxylation is 1. The van der Waals surface area contributed by atoms with Gasteiger partial charge in [-0.05, 0) is 42.5 Å². The molecule has 0 aliphatic carbocycles. The van der Waals surface area contributed by atoms with Crippen LogP contribution in [-0.4, -0.2) is 10.2 Å². The molecule has 3 heteroatoms. The van der Waals surface area contributed by atoms with Crippen molar-refractivity contribution in [3.8, 4) is 5.75 Å². The molecule has 0 bridgehead atoms. The van der Waals surface area contributed by atoms with Crippen molar-refractivity contribution in [1.29, 1.82) is 0 Å². The van der Waals surface area contributed by atoms with Gasteiger partial charge in [-0.25, -0.2) is 0 Å². The van der Waals surface area contributed by atoms with Crippen LogP contribution >= 0.6 is 12.6 Å². The second-order valence-electron chi connectivity index (χ2n) is 4.20. The molecule has 0 saturated heterocycles. The van der Waals surface area contributed by atoms with Gasteiger partial charge in [-0.15, -0.1) is 12.6 Å². The Hall–Kier alpha value is -0.960. The van der Waals surface area contributed by atoms with Crippen LogP contribution in [0, 0.1) is 12.8 Å². The lowest BCUT2D eigenvalue weighted by molar-refractivity contribution is 0.108. The zero-order valence-corrected chi connectivity index (χ0v) is 10.1. The van der Waals surface area contributed by atoms with Crippen LogP contribution in [0.4, 0.5) is 0 Å². The quantitative estimate of drug-likeness (QED) is 0.774. The third-order valence-electron chi connectivity index (χ3n) is 2.31. The van der Waals surface area contributed by atoms with Crippen molar-refractivity contribution in [3.05, 3.63) is 28.8 Å². The fourth-order valence-corrected chi connectivity index (χ4v) is 1.75. The molecule has 0 aromatic heterocycles. The molecule has 15 heavy (non-hydrogen) atoms. The molecule has 1 N–H and O–H groups in total. The van der Waals surface area contributed by atoms with Crippen molar-refractivity contribution < 1.29 is 9.90 Å². The van der Waals surface area contributed by atoms with Crippen LogP contribution in [0.15, 0.2) is 12.1 Å². The smallest absolute Gasteiger partial charge is 0.220 e. The Morgan fingerprint density at radius 1 is 1.47 bits per heavy atom. The first-order valence-electron chi connectivity index (χ1n) is 4.97. The van der Waals surface area contributed by atoms with Crippen LogP contribution in [0.1, 0.15) is 35.3 Å². The maximum atomic E-state index is 11.1. The van der Waals surface area contributed by atoms with Crippen LogP contribution in [0.3, 0.4) is 0 Å². The number of carbonyl (C=O) groups is 1. The lowest BCUT2D eigenvalue weighted by atomic mass is 9.96. The predicted molar refractivity (Wildman–Crippen MR) is 64.7 cm³/mol. The molecular formula is C12H16O2S. The van der Waals surface area contributed by atoms with Crippen molar-refractivity contribution in [2.24, 2.45) is 5.92 Å². The molecular weight excluding hydrogens is 208 g/mol. The number of hydrogen-bond donors (Lipinski definition) is 2. The molecule has 1 aromatic rings. The van der Waals surface area contributed by atoms with Gasteiger partial charge in [-0.2, -0.15) is 0 Å². The van der Waals surface area contributed by atoms with Gasteiger partial charge < -0.3 is 5.11 Å². The molecule has 82 valence electrons. The SMILES string of the molecule is Cc1cc(O)c(C(=O)S)cc1CC(C)C. The van der Waals surface area contributed by atoms with E-state index in [0.29, 0.717) is 11.5 Å². The van der Waals surface area contributed by atoms with Crippen LogP contribution in [0.5, 0.6) is 5.75 Å². The number of benzene rings is 1. The highest BCUT2D eigenvalue weighted by molar-refractivity contribution is 7.97. The zero-order chi connectivity index (χ0) is 11.6. The fourth-order valence-electron chi connectivity index (χ4n) is 1.57. The van der Waals surface area contributed by atoms with E-state index in [9.17, 15) is 9.90 Å². The number of aromatic hydroxyl groups is 1. The average molecular weight is 224 g/mol. The predicted octanol–water partition coefficient (Wildman–Crippen LogP) is 2.97. The van der Waals surface area contributed by atoms with Gasteiger partial charge in [-0.3, -0.25) is 4.79 Å². The van der Waals surface area contributed by atoms with Gasteiger partial charge in [0.15, 0.2) is 0 Å². The third kappa shape index (κ3) is 2.99. The van der Waals surface area contributed by atoms with Gasteiger partial charge in [-0.1, -0.05) is 13.8 Å². The Balaban J connectivity index is 3.17. The summed E-state index contributed by atoms with van der Waals surface area (Å²) >= 11 is 3.73. The van der Waals surface area contributed by atoms with E-state index < -0.39 is 5.12 Å². The van der Waals surface area contributed by atoms with Gasteiger partial charge in [0.05, 0.1) is 5.56 Å². The fraction of sp³-hybridized carbons (Fsp3) is 0.417. The van der Waals surface area contributed by atoms with E-state index in [1.807, 2.05) is 6.92 Å². The summed E-state index contributed by atoms with van der Waals surface area (Å²) in [5.41, 5.74) is 2.40. The number of carbonyl (C=O) groups excluding carboxylic acids is 1. The number of thiol groups is 1. The van der Waals surface area contributed by atoms with Gasteiger partial charge in [0.25, 0.3) is 0 Å². The second kappa shape index (κ2) is 4.71. The summed E-state index contributed by atoms with van der Waals surface area (Å²) in [5.74, 6) is 0.538. The number of hydrogen-bond acceptors (Lipinski definition) is 2. The topological polar surface area (TPSA) is 37.3 Å². The Labute approximate surface area is 95.7 Å². The highest BCUT2D eigenvalue weighted by atomic mass is 32.1.